The first-order valence-corrected chi connectivity index (χ1v) is 12.9. The lowest BCUT2D eigenvalue weighted by molar-refractivity contribution is -0.147. The molecule has 1 aliphatic rings. The first-order valence-electron chi connectivity index (χ1n) is 12.1. The molecule has 188 valence electrons. The topological polar surface area (TPSA) is 109 Å². The number of carbonyl (C=O) groups excluding carboxylic acids is 2. The molecule has 2 unspecified atom stereocenters. The Hall–Kier alpha value is -3.20. The number of nitrogens with one attached hydrogen (secondary N) is 2. The molecule has 1 heterocycles. The summed E-state index contributed by atoms with van der Waals surface area (Å²) in [5, 5.41) is 10.1. The number of fused-ring (bicyclic) bond motifs is 1. The number of ether oxygens (including phenoxy) is 1. The van der Waals surface area contributed by atoms with Crippen LogP contribution in [0.15, 0.2) is 71.6 Å². The summed E-state index contributed by atoms with van der Waals surface area (Å²) in [5.41, 5.74) is 7.37. The zero-order chi connectivity index (χ0) is 25.5. The molecule has 0 bridgehead atoms. The summed E-state index contributed by atoms with van der Waals surface area (Å²) in [6.45, 7) is 1.29. The van der Waals surface area contributed by atoms with Crippen molar-refractivity contribution in [2.75, 3.05) is 20.2 Å². The van der Waals surface area contributed by atoms with E-state index < -0.39 is 0 Å². The van der Waals surface area contributed by atoms with Gasteiger partial charge in [0.05, 0.1) is 19.1 Å². The molecule has 7 nitrogen and oxygen atoms in total. The van der Waals surface area contributed by atoms with E-state index in [4.69, 9.17) is 15.9 Å². The van der Waals surface area contributed by atoms with Gasteiger partial charge in [-0.15, -0.1) is 0 Å². The lowest BCUT2D eigenvalue weighted by Gasteiger charge is -2.38. The fourth-order valence-electron chi connectivity index (χ4n) is 4.81. The number of benzene rings is 3. The molecule has 3 aromatic rings. The lowest BCUT2D eigenvalue weighted by atomic mass is 9.93. The molecule has 1 aliphatic heterocycles. The monoisotopic (exact) mass is 504 g/mol. The minimum atomic E-state index is -0.382. The van der Waals surface area contributed by atoms with Crippen molar-refractivity contribution >= 4 is 40.8 Å². The van der Waals surface area contributed by atoms with Crippen LogP contribution in [0.5, 0.6) is 0 Å². The third-order valence-electron chi connectivity index (χ3n) is 6.80. The van der Waals surface area contributed by atoms with E-state index >= 15 is 0 Å². The highest BCUT2D eigenvalue weighted by Gasteiger charge is 2.33. The highest BCUT2D eigenvalue weighted by molar-refractivity contribution is 7.97. The Morgan fingerprint density at radius 2 is 1.89 bits per heavy atom. The smallest absolute Gasteiger partial charge is 0.308 e. The predicted octanol–water partition coefficient (Wildman–Crippen LogP) is 3.78. The van der Waals surface area contributed by atoms with Crippen LogP contribution in [-0.2, 0) is 20.7 Å². The van der Waals surface area contributed by atoms with Crippen molar-refractivity contribution < 1.29 is 14.3 Å². The van der Waals surface area contributed by atoms with Gasteiger partial charge in [0.1, 0.15) is 12.1 Å². The summed E-state index contributed by atoms with van der Waals surface area (Å²) in [5.74, 6) is -0.287. The molecule has 1 saturated heterocycles. The van der Waals surface area contributed by atoms with Gasteiger partial charge >= 0.3 is 5.97 Å². The second-order valence-corrected chi connectivity index (χ2v) is 9.96. The van der Waals surface area contributed by atoms with E-state index in [0.717, 1.165) is 27.5 Å². The lowest BCUT2D eigenvalue weighted by Crippen LogP contribution is -2.53. The maximum absolute atomic E-state index is 12.5. The van der Waals surface area contributed by atoms with Gasteiger partial charge in [0.15, 0.2) is 0 Å². The number of nitrogen functional groups attached to an aromatic ring is 1. The molecule has 4 N–H and O–H groups in total. The molecule has 0 aliphatic carbocycles. The summed E-state index contributed by atoms with van der Waals surface area (Å²) in [6.07, 6.45) is 2.92. The van der Waals surface area contributed by atoms with Crippen LogP contribution < -0.4 is 10.5 Å². The Labute approximate surface area is 216 Å². The molecule has 36 heavy (non-hydrogen) atoms. The van der Waals surface area contributed by atoms with Crippen molar-refractivity contribution in [2.45, 2.75) is 36.2 Å². The number of esters is 1. The van der Waals surface area contributed by atoms with Crippen molar-refractivity contribution in [1.29, 1.82) is 5.41 Å². The summed E-state index contributed by atoms with van der Waals surface area (Å²) >= 11 is 1.53. The minimum absolute atomic E-state index is 0.0170. The summed E-state index contributed by atoms with van der Waals surface area (Å²) in [7, 11) is 1.42. The fraction of sp³-hybridized carbons (Fsp3) is 0.321. The Morgan fingerprint density at radius 1 is 1.17 bits per heavy atom. The second kappa shape index (κ2) is 12.2. The highest BCUT2D eigenvalue weighted by Crippen LogP contribution is 2.28. The van der Waals surface area contributed by atoms with E-state index in [2.05, 4.69) is 33.9 Å². The van der Waals surface area contributed by atoms with Crippen LogP contribution >= 0.6 is 11.9 Å². The van der Waals surface area contributed by atoms with Crippen molar-refractivity contribution in [3.05, 3.63) is 77.9 Å². The van der Waals surface area contributed by atoms with Crippen molar-refractivity contribution in [1.82, 2.24) is 9.62 Å². The standard InChI is InChI=1S/C28H32N4O3S/c1-35-28(34)21-12-14-32(15-13-21)25(18-33)24(17-19-6-4-9-22(16-19)27(29)30)31-36-26-11-5-8-20-7-2-3-10-23(20)26/h2-11,16,18,21,24-25,31H,12-15,17H2,1H3,(H3,29,30). The van der Waals surface area contributed by atoms with Gasteiger partial charge in [-0.25, -0.2) is 0 Å². The maximum atomic E-state index is 12.5. The Balaban J connectivity index is 1.57. The van der Waals surface area contributed by atoms with Gasteiger partial charge in [0.25, 0.3) is 0 Å². The summed E-state index contributed by atoms with van der Waals surface area (Å²) < 4.78 is 8.51. The Bertz CT molecular complexity index is 1220. The number of rotatable bonds is 10. The van der Waals surface area contributed by atoms with Crippen LogP contribution in [0.4, 0.5) is 0 Å². The van der Waals surface area contributed by atoms with Crippen molar-refractivity contribution in [3.8, 4) is 0 Å². The zero-order valence-corrected chi connectivity index (χ0v) is 21.2. The van der Waals surface area contributed by atoms with E-state index in [-0.39, 0.29) is 29.8 Å². The highest BCUT2D eigenvalue weighted by atomic mass is 32.2. The molecule has 0 saturated carbocycles. The van der Waals surface area contributed by atoms with Crippen molar-refractivity contribution in [3.63, 3.8) is 0 Å². The van der Waals surface area contributed by atoms with Gasteiger partial charge in [0, 0.05) is 16.5 Å². The van der Waals surface area contributed by atoms with E-state index in [9.17, 15) is 9.59 Å². The van der Waals surface area contributed by atoms with Gasteiger partial charge < -0.3 is 15.3 Å². The van der Waals surface area contributed by atoms with Crippen LogP contribution in [0.2, 0.25) is 0 Å². The van der Waals surface area contributed by atoms with E-state index in [0.29, 0.717) is 37.9 Å². The first kappa shape index (κ1) is 25.9. The van der Waals surface area contributed by atoms with Gasteiger partial charge in [-0.2, -0.15) is 0 Å². The molecule has 2 atom stereocenters. The molecular weight excluding hydrogens is 472 g/mol. The Kier molecular flexibility index (Phi) is 8.74. The summed E-state index contributed by atoms with van der Waals surface area (Å²) in [4.78, 5) is 27.7. The number of aldehydes is 1. The number of methoxy groups -OCH3 is 1. The molecule has 0 spiro atoms. The van der Waals surface area contributed by atoms with Crippen LogP contribution in [-0.4, -0.2) is 55.3 Å². The van der Waals surface area contributed by atoms with Crippen molar-refractivity contribution in [2.24, 2.45) is 11.7 Å². The molecule has 3 aromatic carbocycles. The predicted molar refractivity (Wildman–Crippen MR) is 144 cm³/mol. The first-order chi connectivity index (χ1) is 17.5. The number of amidine groups is 1. The van der Waals surface area contributed by atoms with Crippen LogP contribution in [0, 0.1) is 11.3 Å². The third-order valence-corrected chi connectivity index (χ3v) is 7.80. The average molecular weight is 505 g/mol. The van der Waals surface area contributed by atoms with Gasteiger partial charge in [-0.05, 0) is 72.8 Å². The fourth-order valence-corrected chi connectivity index (χ4v) is 5.75. The number of hydrogen-bond acceptors (Lipinski definition) is 7. The largest absolute Gasteiger partial charge is 0.469 e. The molecule has 0 radical (unpaired) electrons. The molecule has 8 heteroatoms. The molecule has 0 amide bonds. The number of carbonyl (C=O) groups is 2. The zero-order valence-electron chi connectivity index (χ0n) is 20.4. The van der Waals surface area contributed by atoms with Gasteiger partial charge in [-0.1, -0.05) is 54.6 Å². The van der Waals surface area contributed by atoms with Crippen LogP contribution in [0.1, 0.15) is 24.0 Å². The van der Waals surface area contributed by atoms with Crippen LogP contribution in [0.3, 0.4) is 0 Å². The summed E-state index contributed by atoms with van der Waals surface area (Å²) in [6, 6.07) is 21.4. The van der Waals surface area contributed by atoms with Gasteiger partial charge in [0.2, 0.25) is 0 Å². The maximum Gasteiger partial charge on any atom is 0.308 e. The molecule has 1 fully saturated rings. The second-order valence-electron chi connectivity index (χ2n) is 9.08. The number of nitrogens with zero attached hydrogens (tertiary/aromatic N) is 1. The van der Waals surface area contributed by atoms with Gasteiger partial charge in [-0.3, -0.25) is 19.8 Å². The molecule has 4 rings (SSSR count). The minimum Gasteiger partial charge on any atom is -0.469 e. The van der Waals surface area contributed by atoms with E-state index in [1.54, 1.807) is 0 Å². The Morgan fingerprint density at radius 3 is 2.61 bits per heavy atom. The quantitative estimate of drug-likeness (QED) is 0.127. The molecule has 0 aromatic heterocycles. The number of likely N-dealkylation sites (tertiary alicyclic amines) is 1. The SMILES string of the molecule is COC(=O)C1CCN(C(C=O)C(Cc2cccc(C(=N)N)c2)NSc2cccc3ccccc23)CC1. The van der Waals surface area contributed by atoms with E-state index in [1.165, 1.54) is 19.1 Å². The number of hydrogen-bond donors (Lipinski definition) is 3. The third kappa shape index (κ3) is 6.13. The normalized spacial score (nSPS) is 16.4. The van der Waals surface area contributed by atoms with E-state index in [1.807, 2.05) is 42.5 Å². The van der Waals surface area contributed by atoms with Crippen LogP contribution in [0.25, 0.3) is 10.8 Å². The molecular formula is C28H32N4O3S. The number of nitrogens with two attached hydrogens (primary N) is 1. The number of piperidine rings is 1. The average Bonchev–Trinajstić information content (AvgIpc) is 2.92.